The first kappa shape index (κ1) is 10.4. The minimum Gasteiger partial charge on any atom is -0.481 e. The molecule has 1 amide bonds. The van der Waals surface area contributed by atoms with Crippen LogP contribution in [0.5, 0.6) is 0 Å². The van der Waals surface area contributed by atoms with Gasteiger partial charge in [0, 0.05) is 12.1 Å². The van der Waals surface area contributed by atoms with Crippen LogP contribution in [0.3, 0.4) is 0 Å². The van der Waals surface area contributed by atoms with Crippen LogP contribution in [0.4, 0.5) is 0 Å². The SMILES string of the molecule is C[C@H](N)C(=O)N1C2CCC1C(C(=O)O)C2. The summed E-state index contributed by atoms with van der Waals surface area (Å²) in [5.74, 6) is -1.28. The number of hydrogen-bond donors (Lipinski definition) is 2. The molecule has 2 heterocycles. The lowest BCUT2D eigenvalue weighted by Gasteiger charge is -2.24. The molecule has 84 valence electrons. The van der Waals surface area contributed by atoms with Gasteiger partial charge >= 0.3 is 5.97 Å². The second kappa shape index (κ2) is 3.48. The number of carbonyl (C=O) groups excluding carboxylic acids is 1. The van der Waals surface area contributed by atoms with Gasteiger partial charge in [-0.15, -0.1) is 0 Å². The van der Waals surface area contributed by atoms with Gasteiger partial charge in [0.2, 0.25) is 5.91 Å². The molecule has 0 aliphatic carbocycles. The van der Waals surface area contributed by atoms with Crippen molar-refractivity contribution in [1.29, 1.82) is 0 Å². The summed E-state index contributed by atoms with van der Waals surface area (Å²) in [5, 5.41) is 9.00. The fourth-order valence-corrected chi connectivity index (χ4v) is 2.83. The van der Waals surface area contributed by atoms with Crippen LogP contribution in [-0.4, -0.2) is 40.0 Å². The van der Waals surface area contributed by atoms with Crippen LogP contribution in [0.1, 0.15) is 26.2 Å². The highest BCUT2D eigenvalue weighted by Crippen LogP contribution is 2.41. The minimum absolute atomic E-state index is 0.105. The van der Waals surface area contributed by atoms with Gasteiger partial charge in [-0.3, -0.25) is 9.59 Å². The van der Waals surface area contributed by atoms with E-state index in [9.17, 15) is 9.59 Å². The van der Waals surface area contributed by atoms with E-state index >= 15 is 0 Å². The van der Waals surface area contributed by atoms with Crippen molar-refractivity contribution in [2.24, 2.45) is 11.7 Å². The van der Waals surface area contributed by atoms with Crippen molar-refractivity contribution in [3.63, 3.8) is 0 Å². The quantitative estimate of drug-likeness (QED) is 0.663. The fraction of sp³-hybridized carbons (Fsp3) is 0.800. The van der Waals surface area contributed by atoms with Crippen molar-refractivity contribution >= 4 is 11.9 Å². The Morgan fingerprint density at radius 1 is 1.47 bits per heavy atom. The molecule has 2 saturated heterocycles. The van der Waals surface area contributed by atoms with Crippen molar-refractivity contribution < 1.29 is 14.7 Å². The summed E-state index contributed by atoms with van der Waals surface area (Å²) in [6.45, 7) is 1.65. The van der Waals surface area contributed by atoms with E-state index in [2.05, 4.69) is 0 Å². The third kappa shape index (κ3) is 1.51. The third-order valence-electron chi connectivity index (χ3n) is 3.50. The molecule has 2 aliphatic heterocycles. The number of fused-ring (bicyclic) bond motifs is 2. The molecule has 0 radical (unpaired) electrons. The zero-order valence-electron chi connectivity index (χ0n) is 8.72. The number of hydrogen-bond acceptors (Lipinski definition) is 3. The van der Waals surface area contributed by atoms with Gasteiger partial charge in [-0.2, -0.15) is 0 Å². The number of nitrogens with two attached hydrogens (primary N) is 1. The second-order valence-corrected chi connectivity index (χ2v) is 4.51. The first-order valence-electron chi connectivity index (χ1n) is 5.33. The predicted octanol–water partition coefficient (Wildman–Crippen LogP) is -0.202. The molecule has 2 aliphatic rings. The van der Waals surface area contributed by atoms with Crippen molar-refractivity contribution in [3.05, 3.63) is 0 Å². The van der Waals surface area contributed by atoms with Crippen LogP contribution in [0.15, 0.2) is 0 Å². The summed E-state index contributed by atoms with van der Waals surface area (Å²) in [5.41, 5.74) is 5.55. The molecule has 0 saturated carbocycles. The summed E-state index contributed by atoms with van der Waals surface area (Å²) in [6, 6.07) is -0.541. The van der Waals surface area contributed by atoms with E-state index in [1.807, 2.05) is 0 Å². The molecule has 2 fully saturated rings. The predicted molar refractivity (Wildman–Crippen MR) is 53.0 cm³/mol. The molecule has 3 unspecified atom stereocenters. The molecule has 0 aromatic heterocycles. The molecule has 5 heteroatoms. The van der Waals surface area contributed by atoms with E-state index < -0.39 is 12.0 Å². The van der Waals surface area contributed by atoms with E-state index in [0.717, 1.165) is 12.8 Å². The zero-order valence-corrected chi connectivity index (χ0v) is 8.72. The van der Waals surface area contributed by atoms with Crippen LogP contribution < -0.4 is 5.73 Å². The number of nitrogens with zero attached hydrogens (tertiary/aromatic N) is 1. The van der Waals surface area contributed by atoms with E-state index in [0.29, 0.717) is 6.42 Å². The molecule has 2 rings (SSSR count). The van der Waals surface area contributed by atoms with Crippen LogP contribution >= 0.6 is 0 Å². The van der Waals surface area contributed by atoms with Crippen molar-refractivity contribution in [3.8, 4) is 0 Å². The average molecular weight is 212 g/mol. The Bertz CT molecular complexity index is 303. The zero-order chi connectivity index (χ0) is 11.2. The first-order chi connectivity index (χ1) is 7.02. The second-order valence-electron chi connectivity index (χ2n) is 4.51. The Hall–Kier alpha value is -1.10. The Morgan fingerprint density at radius 2 is 2.13 bits per heavy atom. The van der Waals surface area contributed by atoms with Crippen molar-refractivity contribution in [2.75, 3.05) is 0 Å². The molecule has 0 aromatic rings. The molecule has 5 nitrogen and oxygen atoms in total. The van der Waals surface area contributed by atoms with E-state index in [1.54, 1.807) is 11.8 Å². The monoisotopic (exact) mass is 212 g/mol. The van der Waals surface area contributed by atoms with Crippen LogP contribution in [0.25, 0.3) is 0 Å². The van der Waals surface area contributed by atoms with Gasteiger partial charge in [0.25, 0.3) is 0 Å². The minimum atomic E-state index is -0.787. The molecule has 15 heavy (non-hydrogen) atoms. The fourth-order valence-electron chi connectivity index (χ4n) is 2.83. The molecular formula is C10H16N2O3. The van der Waals surface area contributed by atoms with E-state index in [-0.39, 0.29) is 23.9 Å². The third-order valence-corrected chi connectivity index (χ3v) is 3.50. The molecular weight excluding hydrogens is 196 g/mol. The number of amides is 1. The topological polar surface area (TPSA) is 83.6 Å². The molecule has 0 aromatic carbocycles. The number of rotatable bonds is 2. The normalized spacial score (nSPS) is 35.6. The highest BCUT2D eigenvalue weighted by Gasteiger charge is 2.51. The van der Waals surface area contributed by atoms with Crippen LogP contribution in [-0.2, 0) is 9.59 Å². The molecule has 4 atom stereocenters. The Kier molecular flexibility index (Phi) is 2.42. The Labute approximate surface area is 88.2 Å². The van der Waals surface area contributed by atoms with Gasteiger partial charge in [-0.05, 0) is 26.2 Å². The van der Waals surface area contributed by atoms with E-state index in [4.69, 9.17) is 10.8 Å². The number of carboxylic acids is 1. The van der Waals surface area contributed by atoms with Gasteiger partial charge in [0.05, 0.1) is 12.0 Å². The van der Waals surface area contributed by atoms with Gasteiger partial charge in [0.15, 0.2) is 0 Å². The highest BCUT2D eigenvalue weighted by molar-refractivity contribution is 5.84. The van der Waals surface area contributed by atoms with Crippen LogP contribution in [0, 0.1) is 5.92 Å². The maximum absolute atomic E-state index is 11.8. The summed E-state index contributed by atoms with van der Waals surface area (Å²) in [4.78, 5) is 24.5. The maximum atomic E-state index is 11.8. The van der Waals surface area contributed by atoms with Gasteiger partial charge < -0.3 is 15.7 Å². The number of aliphatic carboxylic acids is 1. The largest absolute Gasteiger partial charge is 0.481 e. The summed E-state index contributed by atoms with van der Waals surface area (Å²) < 4.78 is 0. The summed E-state index contributed by atoms with van der Waals surface area (Å²) in [7, 11) is 0. The van der Waals surface area contributed by atoms with Gasteiger partial charge in [-0.25, -0.2) is 0 Å². The van der Waals surface area contributed by atoms with Gasteiger partial charge in [0.1, 0.15) is 0 Å². The van der Waals surface area contributed by atoms with Crippen LogP contribution in [0.2, 0.25) is 0 Å². The standard InChI is InChI=1S/C10H16N2O3/c1-5(11)9(13)12-6-2-3-8(12)7(4-6)10(14)15/h5-8H,2-4,11H2,1H3,(H,14,15)/t5-,6?,7?,8?/m0/s1. The molecule has 0 spiro atoms. The summed E-state index contributed by atoms with van der Waals surface area (Å²) in [6.07, 6.45) is 2.32. The van der Waals surface area contributed by atoms with Crippen molar-refractivity contribution in [1.82, 2.24) is 4.90 Å². The number of carbonyl (C=O) groups is 2. The maximum Gasteiger partial charge on any atom is 0.308 e. The average Bonchev–Trinajstić information content (AvgIpc) is 2.72. The smallest absolute Gasteiger partial charge is 0.308 e. The lowest BCUT2D eigenvalue weighted by Crippen LogP contribution is -2.45. The van der Waals surface area contributed by atoms with Gasteiger partial charge in [-0.1, -0.05) is 0 Å². The van der Waals surface area contributed by atoms with Crippen molar-refractivity contribution in [2.45, 2.75) is 44.3 Å². The lowest BCUT2D eigenvalue weighted by atomic mass is 9.89. The first-order valence-corrected chi connectivity index (χ1v) is 5.33. The lowest BCUT2D eigenvalue weighted by molar-refractivity contribution is -0.143. The Balaban J connectivity index is 2.16. The number of carboxylic acid groups (broad SMARTS) is 1. The highest BCUT2D eigenvalue weighted by atomic mass is 16.4. The summed E-state index contributed by atoms with van der Waals surface area (Å²) >= 11 is 0. The molecule has 3 N–H and O–H groups in total. The van der Waals surface area contributed by atoms with E-state index in [1.165, 1.54) is 0 Å². The Morgan fingerprint density at radius 3 is 2.60 bits per heavy atom. The molecule has 2 bridgehead atoms.